The van der Waals surface area contributed by atoms with Crippen molar-refractivity contribution in [1.82, 2.24) is 4.57 Å². The predicted octanol–water partition coefficient (Wildman–Crippen LogP) is 4.91. The van der Waals surface area contributed by atoms with Gasteiger partial charge in [0.25, 0.3) is 0 Å². The van der Waals surface area contributed by atoms with Gasteiger partial charge in [0, 0.05) is 29.5 Å². The van der Waals surface area contributed by atoms with Crippen molar-refractivity contribution in [2.75, 3.05) is 10.6 Å². The fraction of sp³-hybridized carbons (Fsp3) is 0. The van der Waals surface area contributed by atoms with Crippen LogP contribution in [0.4, 0.5) is 20.6 Å². The van der Waals surface area contributed by atoms with Crippen molar-refractivity contribution in [3.05, 3.63) is 77.8 Å². The highest BCUT2D eigenvalue weighted by Crippen LogP contribution is 2.20. The lowest BCUT2D eigenvalue weighted by atomic mass is 10.3. The maximum atomic E-state index is 13.1. The lowest BCUT2D eigenvalue weighted by Gasteiger charge is -2.09. The Hall–Kier alpha value is -2.79. The molecule has 0 aliphatic rings. The van der Waals surface area contributed by atoms with Gasteiger partial charge >= 0.3 is 6.03 Å². The number of aromatic nitrogens is 1. The topological polar surface area (TPSA) is 46.1 Å². The molecular formula is C17H13ClFN3O. The summed E-state index contributed by atoms with van der Waals surface area (Å²) in [5.41, 5.74) is 2.05. The van der Waals surface area contributed by atoms with Crippen LogP contribution in [0.5, 0.6) is 0 Å². The summed E-state index contributed by atoms with van der Waals surface area (Å²) in [6.07, 6.45) is 3.88. The van der Waals surface area contributed by atoms with Gasteiger partial charge in [0.1, 0.15) is 5.82 Å². The Morgan fingerprint density at radius 3 is 2.22 bits per heavy atom. The molecule has 0 aliphatic heterocycles. The van der Waals surface area contributed by atoms with Gasteiger partial charge in [0.15, 0.2) is 0 Å². The van der Waals surface area contributed by atoms with Crippen molar-refractivity contribution in [2.45, 2.75) is 0 Å². The zero-order valence-corrected chi connectivity index (χ0v) is 12.7. The first-order valence-electron chi connectivity index (χ1n) is 6.88. The predicted molar refractivity (Wildman–Crippen MR) is 89.8 cm³/mol. The number of nitrogens with zero attached hydrogens (tertiary/aromatic N) is 1. The summed E-state index contributed by atoms with van der Waals surface area (Å²) in [7, 11) is 0. The quantitative estimate of drug-likeness (QED) is 0.704. The van der Waals surface area contributed by atoms with Gasteiger partial charge in [-0.25, -0.2) is 9.18 Å². The second kappa shape index (κ2) is 6.54. The van der Waals surface area contributed by atoms with E-state index in [9.17, 15) is 9.18 Å². The molecule has 0 atom stereocenters. The summed E-state index contributed by atoms with van der Waals surface area (Å²) < 4.78 is 15.0. The molecule has 1 heterocycles. The van der Waals surface area contributed by atoms with Crippen LogP contribution in [0.1, 0.15) is 0 Å². The summed E-state index contributed by atoms with van der Waals surface area (Å²) in [5.74, 6) is -0.529. The van der Waals surface area contributed by atoms with Gasteiger partial charge < -0.3 is 15.2 Å². The third-order valence-electron chi connectivity index (χ3n) is 3.21. The minimum Gasteiger partial charge on any atom is -0.324 e. The molecule has 4 nitrogen and oxygen atoms in total. The highest BCUT2D eigenvalue weighted by molar-refractivity contribution is 6.31. The molecule has 3 aromatic rings. The Bertz CT molecular complexity index is 816. The third kappa shape index (κ3) is 3.70. The van der Waals surface area contributed by atoms with Crippen LogP contribution in [0.25, 0.3) is 5.69 Å². The number of rotatable bonds is 3. The Labute approximate surface area is 137 Å². The van der Waals surface area contributed by atoms with E-state index in [0.29, 0.717) is 11.4 Å². The van der Waals surface area contributed by atoms with Crippen LogP contribution in [-0.4, -0.2) is 10.6 Å². The van der Waals surface area contributed by atoms with Gasteiger partial charge in [-0.1, -0.05) is 11.6 Å². The molecule has 2 amide bonds. The van der Waals surface area contributed by atoms with E-state index in [1.807, 2.05) is 41.2 Å². The van der Waals surface area contributed by atoms with Gasteiger partial charge in [-0.2, -0.15) is 0 Å². The number of urea groups is 1. The van der Waals surface area contributed by atoms with E-state index in [1.165, 1.54) is 18.2 Å². The fourth-order valence-electron chi connectivity index (χ4n) is 2.09. The van der Waals surface area contributed by atoms with Crippen molar-refractivity contribution in [1.29, 1.82) is 0 Å². The van der Waals surface area contributed by atoms with Crippen LogP contribution < -0.4 is 10.6 Å². The third-order valence-corrected chi connectivity index (χ3v) is 3.49. The second-order valence-electron chi connectivity index (χ2n) is 4.85. The Morgan fingerprint density at radius 1 is 0.957 bits per heavy atom. The average molecular weight is 330 g/mol. The zero-order chi connectivity index (χ0) is 16.2. The minimum absolute atomic E-state index is 0.0427. The number of benzene rings is 2. The van der Waals surface area contributed by atoms with Crippen LogP contribution in [-0.2, 0) is 0 Å². The van der Waals surface area contributed by atoms with Crippen molar-refractivity contribution in [3.63, 3.8) is 0 Å². The summed E-state index contributed by atoms with van der Waals surface area (Å²) in [5, 5.41) is 5.25. The van der Waals surface area contributed by atoms with Crippen molar-refractivity contribution in [3.8, 4) is 5.69 Å². The molecule has 116 valence electrons. The van der Waals surface area contributed by atoms with E-state index < -0.39 is 11.8 Å². The van der Waals surface area contributed by atoms with Crippen molar-refractivity contribution in [2.24, 2.45) is 0 Å². The number of carbonyl (C=O) groups excluding carboxylic acids is 1. The molecule has 6 heteroatoms. The molecule has 0 saturated carbocycles. The van der Waals surface area contributed by atoms with Crippen molar-refractivity contribution >= 4 is 29.0 Å². The molecule has 23 heavy (non-hydrogen) atoms. The number of hydrogen-bond donors (Lipinski definition) is 2. The van der Waals surface area contributed by atoms with Gasteiger partial charge in [-0.05, 0) is 54.6 Å². The van der Waals surface area contributed by atoms with Crippen LogP contribution in [0.2, 0.25) is 5.02 Å². The van der Waals surface area contributed by atoms with Gasteiger partial charge in [-0.15, -0.1) is 0 Å². The summed E-state index contributed by atoms with van der Waals surface area (Å²) in [4.78, 5) is 11.9. The highest BCUT2D eigenvalue weighted by Gasteiger charge is 2.05. The first kappa shape index (κ1) is 15.1. The lowest BCUT2D eigenvalue weighted by Crippen LogP contribution is -2.19. The molecule has 0 fully saturated rings. The van der Waals surface area contributed by atoms with Crippen LogP contribution in [0.15, 0.2) is 67.0 Å². The van der Waals surface area contributed by atoms with E-state index in [0.717, 1.165) is 5.69 Å². The van der Waals surface area contributed by atoms with E-state index in [1.54, 1.807) is 12.1 Å². The molecule has 0 radical (unpaired) electrons. The number of amides is 2. The number of carbonyl (C=O) groups is 1. The summed E-state index contributed by atoms with van der Waals surface area (Å²) >= 11 is 5.67. The molecule has 0 spiro atoms. The molecule has 0 saturated heterocycles. The molecule has 2 N–H and O–H groups in total. The average Bonchev–Trinajstić information content (AvgIpc) is 3.06. The summed E-state index contributed by atoms with van der Waals surface area (Å²) in [6.45, 7) is 0. The molecule has 1 aromatic heterocycles. The standard InChI is InChI=1S/C17H13ClFN3O/c18-15-11-13(5-8-16(15)19)21-17(23)20-12-3-6-14(7-4-12)22-9-1-2-10-22/h1-11H,(H2,20,21,23). The maximum absolute atomic E-state index is 13.1. The molecular weight excluding hydrogens is 317 g/mol. The van der Waals surface area contributed by atoms with Gasteiger partial charge in [-0.3, -0.25) is 0 Å². The molecule has 2 aromatic carbocycles. The van der Waals surface area contributed by atoms with E-state index in [2.05, 4.69) is 10.6 Å². The first-order valence-corrected chi connectivity index (χ1v) is 7.26. The Kier molecular flexibility index (Phi) is 4.30. The zero-order valence-electron chi connectivity index (χ0n) is 12.0. The largest absolute Gasteiger partial charge is 0.324 e. The number of anilines is 2. The monoisotopic (exact) mass is 329 g/mol. The highest BCUT2D eigenvalue weighted by atomic mass is 35.5. The van der Waals surface area contributed by atoms with Gasteiger partial charge in [0.2, 0.25) is 0 Å². The first-order chi connectivity index (χ1) is 11.1. The SMILES string of the molecule is O=C(Nc1ccc(-n2cccc2)cc1)Nc1ccc(F)c(Cl)c1. The van der Waals surface area contributed by atoms with E-state index in [-0.39, 0.29) is 5.02 Å². The normalized spacial score (nSPS) is 10.3. The summed E-state index contributed by atoms with van der Waals surface area (Å²) in [6, 6.07) is 14.8. The molecule has 0 unspecified atom stereocenters. The second-order valence-corrected chi connectivity index (χ2v) is 5.25. The molecule has 0 bridgehead atoms. The number of hydrogen-bond acceptors (Lipinski definition) is 1. The van der Waals surface area contributed by atoms with Crippen molar-refractivity contribution < 1.29 is 9.18 Å². The van der Waals surface area contributed by atoms with Crippen LogP contribution in [0.3, 0.4) is 0 Å². The van der Waals surface area contributed by atoms with E-state index >= 15 is 0 Å². The fourth-order valence-corrected chi connectivity index (χ4v) is 2.27. The van der Waals surface area contributed by atoms with Crippen LogP contribution in [0, 0.1) is 5.82 Å². The van der Waals surface area contributed by atoms with E-state index in [4.69, 9.17) is 11.6 Å². The molecule has 3 rings (SSSR count). The smallest absolute Gasteiger partial charge is 0.323 e. The van der Waals surface area contributed by atoms with Crippen LogP contribution >= 0.6 is 11.6 Å². The number of halogens is 2. The Morgan fingerprint density at radius 2 is 1.57 bits per heavy atom. The van der Waals surface area contributed by atoms with Gasteiger partial charge in [0.05, 0.1) is 5.02 Å². The lowest BCUT2D eigenvalue weighted by molar-refractivity contribution is 0.262. The maximum Gasteiger partial charge on any atom is 0.323 e. The number of nitrogens with one attached hydrogen (secondary N) is 2. The Balaban J connectivity index is 1.64. The minimum atomic E-state index is -0.529. The molecule has 0 aliphatic carbocycles.